The van der Waals surface area contributed by atoms with Crippen LogP contribution in [-0.4, -0.2) is 44.6 Å². The predicted molar refractivity (Wildman–Crippen MR) is 76.6 cm³/mol. The van der Waals surface area contributed by atoms with Gasteiger partial charge in [-0.15, -0.1) is 0 Å². The summed E-state index contributed by atoms with van der Waals surface area (Å²) in [6.45, 7) is 4.79. The van der Waals surface area contributed by atoms with E-state index < -0.39 is 5.54 Å². The molecule has 1 aliphatic rings. The van der Waals surface area contributed by atoms with Crippen LogP contribution in [0.4, 0.5) is 0 Å². The van der Waals surface area contributed by atoms with E-state index in [1.807, 2.05) is 0 Å². The van der Waals surface area contributed by atoms with E-state index in [-0.39, 0.29) is 23.2 Å². The average molecular weight is 298 g/mol. The number of nitrogens with zero attached hydrogens (tertiary/aromatic N) is 3. The van der Waals surface area contributed by atoms with Crippen molar-refractivity contribution in [3.8, 4) is 0 Å². The molecule has 0 aliphatic carbocycles. The summed E-state index contributed by atoms with van der Waals surface area (Å²) >= 11 is 6.00. The van der Waals surface area contributed by atoms with Gasteiger partial charge in [0.05, 0.1) is 17.2 Å². The molecular formula is C14H20ClN3O2. The molecule has 1 atom stereocenters. The summed E-state index contributed by atoms with van der Waals surface area (Å²) in [6, 6.07) is 0. The zero-order valence-corrected chi connectivity index (χ0v) is 12.6. The topological polar surface area (TPSA) is 66.3 Å². The molecule has 1 aromatic rings. The Morgan fingerprint density at radius 2 is 2.35 bits per heavy atom. The third-order valence-corrected chi connectivity index (χ3v) is 4.07. The van der Waals surface area contributed by atoms with Crippen LogP contribution in [0.25, 0.3) is 0 Å². The minimum absolute atomic E-state index is 0.0282. The molecule has 1 aromatic heterocycles. The number of amides is 1. The van der Waals surface area contributed by atoms with Gasteiger partial charge < -0.3 is 10.0 Å². The highest BCUT2D eigenvalue weighted by Gasteiger charge is 2.44. The molecule has 2 rings (SSSR count). The highest BCUT2D eigenvalue weighted by atomic mass is 35.5. The molecule has 1 saturated heterocycles. The van der Waals surface area contributed by atoms with Crippen molar-refractivity contribution in [2.24, 2.45) is 5.92 Å². The van der Waals surface area contributed by atoms with E-state index in [1.54, 1.807) is 4.90 Å². The Morgan fingerprint density at radius 3 is 2.95 bits per heavy atom. The maximum Gasteiger partial charge on any atom is 0.274 e. The first-order chi connectivity index (χ1) is 9.50. The molecule has 5 nitrogen and oxygen atoms in total. The minimum Gasteiger partial charge on any atom is -0.394 e. The first kappa shape index (κ1) is 15.2. The molecule has 1 aliphatic heterocycles. The van der Waals surface area contributed by atoms with Gasteiger partial charge in [0.1, 0.15) is 12.0 Å². The summed E-state index contributed by atoms with van der Waals surface area (Å²) in [5.74, 6) is 0.182. The van der Waals surface area contributed by atoms with Gasteiger partial charge in [-0.05, 0) is 25.2 Å². The molecule has 2 heterocycles. The molecule has 1 amide bonds. The quantitative estimate of drug-likeness (QED) is 0.924. The Bertz CT molecular complexity index is 495. The number of aliphatic hydroxyl groups excluding tert-OH is 1. The van der Waals surface area contributed by atoms with E-state index in [9.17, 15) is 9.90 Å². The largest absolute Gasteiger partial charge is 0.394 e. The van der Waals surface area contributed by atoms with Crippen molar-refractivity contribution in [3.63, 3.8) is 0 Å². The van der Waals surface area contributed by atoms with E-state index in [1.165, 1.54) is 12.5 Å². The molecule has 0 spiro atoms. The molecule has 0 saturated carbocycles. The monoisotopic (exact) mass is 297 g/mol. The number of aliphatic hydroxyl groups is 1. The van der Waals surface area contributed by atoms with Gasteiger partial charge >= 0.3 is 0 Å². The smallest absolute Gasteiger partial charge is 0.274 e. The van der Waals surface area contributed by atoms with Crippen LogP contribution in [0.3, 0.4) is 0 Å². The summed E-state index contributed by atoms with van der Waals surface area (Å²) in [5, 5.41) is 10.1. The number of aromatic nitrogens is 2. The number of hydrogen-bond acceptors (Lipinski definition) is 4. The molecule has 20 heavy (non-hydrogen) atoms. The van der Waals surface area contributed by atoms with Crippen LogP contribution >= 0.6 is 11.6 Å². The Morgan fingerprint density at radius 1 is 1.60 bits per heavy atom. The van der Waals surface area contributed by atoms with Crippen molar-refractivity contribution in [2.75, 3.05) is 13.2 Å². The summed E-state index contributed by atoms with van der Waals surface area (Å²) in [7, 11) is 0. The molecule has 1 N–H and O–H groups in total. The second-order valence-corrected chi connectivity index (χ2v) is 6.17. The highest BCUT2D eigenvalue weighted by molar-refractivity contribution is 6.33. The zero-order valence-electron chi connectivity index (χ0n) is 11.8. The lowest BCUT2D eigenvalue weighted by atomic mass is 9.87. The normalized spacial score (nSPS) is 22.6. The maximum absolute atomic E-state index is 12.7. The fourth-order valence-electron chi connectivity index (χ4n) is 3.05. The summed E-state index contributed by atoms with van der Waals surface area (Å²) in [5.41, 5.74) is -0.273. The SMILES string of the molecule is CC(C)C[C@]1(CO)CCCN1C(=O)c1ncncc1Cl. The van der Waals surface area contributed by atoms with Crippen LogP contribution in [0.1, 0.15) is 43.6 Å². The standard InChI is InChI=1S/C14H20ClN3O2/c1-10(2)6-14(8-19)4-3-5-18(14)13(20)12-11(15)7-16-9-17-12/h7,9-10,19H,3-6,8H2,1-2H3/t14-/m0/s1. The van der Waals surface area contributed by atoms with Gasteiger partial charge in [0.25, 0.3) is 5.91 Å². The van der Waals surface area contributed by atoms with Crippen molar-refractivity contribution >= 4 is 17.5 Å². The fraction of sp³-hybridized carbons (Fsp3) is 0.643. The van der Waals surface area contributed by atoms with Gasteiger partial charge in [-0.3, -0.25) is 4.79 Å². The van der Waals surface area contributed by atoms with Crippen molar-refractivity contribution in [3.05, 3.63) is 23.2 Å². The van der Waals surface area contributed by atoms with Crippen molar-refractivity contribution < 1.29 is 9.90 Å². The number of halogens is 1. The molecule has 1 fully saturated rings. The van der Waals surface area contributed by atoms with Gasteiger partial charge in [-0.1, -0.05) is 25.4 Å². The van der Waals surface area contributed by atoms with Gasteiger partial charge in [0.2, 0.25) is 0 Å². The van der Waals surface area contributed by atoms with Crippen LogP contribution in [0.15, 0.2) is 12.5 Å². The van der Waals surface area contributed by atoms with Gasteiger partial charge in [0.15, 0.2) is 0 Å². The fourth-order valence-corrected chi connectivity index (χ4v) is 3.24. The number of carbonyl (C=O) groups excluding carboxylic acids is 1. The van der Waals surface area contributed by atoms with E-state index in [4.69, 9.17) is 11.6 Å². The van der Waals surface area contributed by atoms with Crippen LogP contribution in [-0.2, 0) is 0 Å². The summed E-state index contributed by atoms with van der Waals surface area (Å²) in [4.78, 5) is 22.2. The lowest BCUT2D eigenvalue weighted by Gasteiger charge is -2.38. The first-order valence-electron chi connectivity index (χ1n) is 6.88. The molecule has 110 valence electrons. The second kappa shape index (κ2) is 6.06. The van der Waals surface area contributed by atoms with Gasteiger partial charge in [0, 0.05) is 12.7 Å². The zero-order chi connectivity index (χ0) is 14.8. The number of likely N-dealkylation sites (tertiary alicyclic amines) is 1. The van der Waals surface area contributed by atoms with Crippen molar-refractivity contribution in [1.82, 2.24) is 14.9 Å². The number of carbonyl (C=O) groups is 1. The van der Waals surface area contributed by atoms with Gasteiger partial charge in [-0.2, -0.15) is 0 Å². The Hall–Kier alpha value is -1.20. The molecule has 0 aromatic carbocycles. The van der Waals surface area contributed by atoms with E-state index >= 15 is 0 Å². The molecular weight excluding hydrogens is 278 g/mol. The van der Waals surface area contributed by atoms with E-state index in [0.29, 0.717) is 12.5 Å². The first-order valence-corrected chi connectivity index (χ1v) is 7.26. The Labute approximate surface area is 124 Å². The Balaban J connectivity index is 2.30. The molecule has 0 radical (unpaired) electrons. The average Bonchev–Trinajstić information content (AvgIpc) is 2.82. The Kier molecular flexibility index (Phi) is 4.60. The number of hydrogen-bond donors (Lipinski definition) is 1. The minimum atomic E-state index is -0.487. The lowest BCUT2D eigenvalue weighted by molar-refractivity contribution is 0.0327. The summed E-state index contributed by atoms with van der Waals surface area (Å²) in [6.07, 6.45) is 5.22. The summed E-state index contributed by atoms with van der Waals surface area (Å²) < 4.78 is 0. The molecule has 0 bridgehead atoms. The predicted octanol–water partition coefficient (Wildman–Crippen LogP) is 2.14. The van der Waals surface area contributed by atoms with Crippen LogP contribution in [0.5, 0.6) is 0 Å². The lowest BCUT2D eigenvalue weighted by Crippen LogP contribution is -2.51. The molecule has 0 unspecified atom stereocenters. The van der Waals surface area contributed by atoms with E-state index in [0.717, 1.165) is 19.3 Å². The van der Waals surface area contributed by atoms with Crippen LogP contribution in [0.2, 0.25) is 5.02 Å². The van der Waals surface area contributed by atoms with E-state index in [2.05, 4.69) is 23.8 Å². The van der Waals surface area contributed by atoms with Crippen LogP contribution in [0, 0.1) is 5.92 Å². The molecule has 6 heteroatoms. The number of rotatable bonds is 4. The third-order valence-electron chi connectivity index (χ3n) is 3.79. The maximum atomic E-state index is 12.7. The van der Waals surface area contributed by atoms with Gasteiger partial charge in [-0.25, -0.2) is 9.97 Å². The third kappa shape index (κ3) is 2.79. The second-order valence-electron chi connectivity index (χ2n) is 5.76. The van der Waals surface area contributed by atoms with Crippen LogP contribution < -0.4 is 0 Å². The van der Waals surface area contributed by atoms with Crippen molar-refractivity contribution in [2.45, 2.75) is 38.6 Å². The highest BCUT2D eigenvalue weighted by Crippen LogP contribution is 2.36. The van der Waals surface area contributed by atoms with Crippen molar-refractivity contribution in [1.29, 1.82) is 0 Å².